The molecule has 0 spiro atoms. The number of carbonyl (C=O) groups is 2. The number of para-hydroxylation sites is 1. The van der Waals surface area contributed by atoms with Crippen molar-refractivity contribution < 1.29 is 9.59 Å². The Bertz CT molecular complexity index is 452. The van der Waals surface area contributed by atoms with Crippen molar-refractivity contribution in [3.8, 4) is 0 Å². The highest BCUT2D eigenvalue weighted by Gasteiger charge is 2.17. The van der Waals surface area contributed by atoms with Crippen LogP contribution in [0.5, 0.6) is 0 Å². The molecule has 1 aromatic rings. The molecule has 20 heavy (non-hydrogen) atoms. The third-order valence-electron chi connectivity index (χ3n) is 2.54. The summed E-state index contributed by atoms with van der Waals surface area (Å²) in [6.07, 6.45) is 0. The van der Waals surface area contributed by atoms with Crippen LogP contribution in [0, 0.1) is 0 Å². The lowest BCUT2D eigenvalue weighted by atomic mass is 10.1. The lowest BCUT2D eigenvalue weighted by molar-refractivity contribution is -0.133. The molecule has 0 aliphatic rings. The van der Waals surface area contributed by atoms with Crippen LogP contribution in [-0.4, -0.2) is 42.4 Å². The first-order valence-electron chi connectivity index (χ1n) is 6.62. The van der Waals surface area contributed by atoms with Crippen molar-refractivity contribution in [2.75, 3.05) is 25.5 Å². The fraction of sp³-hybridized carbons (Fsp3) is 0.467. The largest absolute Gasteiger partial charge is 0.376 e. The van der Waals surface area contributed by atoms with Gasteiger partial charge in [-0.05, 0) is 32.9 Å². The molecular formula is C15H23N3O2. The predicted octanol–water partition coefficient (Wildman–Crippen LogP) is 1.47. The summed E-state index contributed by atoms with van der Waals surface area (Å²) in [5, 5.41) is 5.85. The molecule has 0 atom stereocenters. The summed E-state index contributed by atoms with van der Waals surface area (Å²) in [6.45, 7) is 5.95. The molecule has 0 saturated carbocycles. The Morgan fingerprint density at radius 3 is 2.30 bits per heavy atom. The van der Waals surface area contributed by atoms with Crippen LogP contribution in [0.2, 0.25) is 0 Å². The quantitative estimate of drug-likeness (QED) is 0.857. The van der Waals surface area contributed by atoms with Crippen LogP contribution in [0.4, 0.5) is 5.69 Å². The second kappa shape index (κ2) is 6.93. The second-order valence-corrected chi connectivity index (χ2v) is 5.77. The van der Waals surface area contributed by atoms with Gasteiger partial charge in [0.2, 0.25) is 11.8 Å². The van der Waals surface area contributed by atoms with Crippen LogP contribution in [0.25, 0.3) is 0 Å². The molecular weight excluding hydrogens is 254 g/mol. The molecule has 5 nitrogen and oxygen atoms in total. The maximum absolute atomic E-state index is 11.9. The molecule has 0 aliphatic carbocycles. The standard InChI is InChI=1S/C15H23N3O2/c1-15(2,3)17-13(19)11-18(4)14(20)10-16-12-8-6-5-7-9-12/h5-9,16H,10-11H2,1-4H3,(H,17,19). The van der Waals surface area contributed by atoms with E-state index in [0.717, 1.165) is 5.69 Å². The van der Waals surface area contributed by atoms with Gasteiger partial charge in [-0.2, -0.15) is 0 Å². The number of hydrogen-bond acceptors (Lipinski definition) is 3. The molecule has 2 N–H and O–H groups in total. The van der Waals surface area contributed by atoms with E-state index in [2.05, 4.69) is 10.6 Å². The highest BCUT2D eigenvalue weighted by atomic mass is 16.2. The van der Waals surface area contributed by atoms with Gasteiger partial charge in [-0.1, -0.05) is 18.2 Å². The van der Waals surface area contributed by atoms with Crippen molar-refractivity contribution in [1.29, 1.82) is 0 Å². The summed E-state index contributed by atoms with van der Waals surface area (Å²) in [5.74, 6) is -0.286. The number of rotatable bonds is 5. The fourth-order valence-corrected chi connectivity index (χ4v) is 1.63. The number of nitrogens with one attached hydrogen (secondary N) is 2. The molecule has 1 aromatic carbocycles. The topological polar surface area (TPSA) is 61.4 Å². The molecule has 0 bridgehead atoms. The molecule has 0 aliphatic heterocycles. The Morgan fingerprint density at radius 2 is 1.75 bits per heavy atom. The summed E-state index contributed by atoms with van der Waals surface area (Å²) >= 11 is 0. The van der Waals surface area contributed by atoms with E-state index in [9.17, 15) is 9.59 Å². The van der Waals surface area contributed by atoms with Gasteiger partial charge in [0, 0.05) is 18.3 Å². The van der Waals surface area contributed by atoms with Gasteiger partial charge in [-0.25, -0.2) is 0 Å². The number of anilines is 1. The van der Waals surface area contributed by atoms with E-state index in [0.29, 0.717) is 0 Å². The number of likely N-dealkylation sites (N-methyl/N-ethyl adjacent to an activating group) is 1. The number of amides is 2. The summed E-state index contributed by atoms with van der Waals surface area (Å²) < 4.78 is 0. The average molecular weight is 277 g/mol. The number of hydrogen-bond donors (Lipinski definition) is 2. The Morgan fingerprint density at radius 1 is 1.15 bits per heavy atom. The molecule has 0 saturated heterocycles. The zero-order valence-electron chi connectivity index (χ0n) is 12.6. The van der Waals surface area contributed by atoms with Gasteiger partial charge >= 0.3 is 0 Å². The highest BCUT2D eigenvalue weighted by molar-refractivity contribution is 5.86. The number of carbonyl (C=O) groups excluding carboxylic acids is 2. The van der Waals surface area contributed by atoms with E-state index in [1.165, 1.54) is 4.90 Å². The average Bonchev–Trinajstić information content (AvgIpc) is 2.34. The molecule has 1 rings (SSSR count). The van der Waals surface area contributed by atoms with Gasteiger partial charge in [0.05, 0.1) is 13.1 Å². The van der Waals surface area contributed by atoms with Crippen molar-refractivity contribution in [3.63, 3.8) is 0 Å². The molecule has 0 fully saturated rings. The van der Waals surface area contributed by atoms with Crippen LogP contribution < -0.4 is 10.6 Å². The SMILES string of the molecule is CN(CC(=O)NC(C)(C)C)C(=O)CNc1ccccc1. The lowest BCUT2D eigenvalue weighted by Crippen LogP contribution is -2.47. The van der Waals surface area contributed by atoms with Crippen LogP contribution in [0.1, 0.15) is 20.8 Å². The summed E-state index contributed by atoms with van der Waals surface area (Å²) in [7, 11) is 1.62. The smallest absolute Gasteiger partial charge is 0.242 e. The van der Waals surface area contributed by atoms with E-state index in [1.807, 2.05) is 51.1 Å². The molecule has 2 amide bonds. The summed E-state index contributed by atoms with van der Waals surface area (Å²) in [5.41, 5.74) is 0.594. The van der Waals surface area contributed by atoms with E-state index in [4.69, 9.17) is 0 Å². The lowest BCUT2D eigenvalue weighted by Gasteiger charge is -2.23. The molecule has 5 heteroatoms. The van der Waals surface area contributed by atoms with Crippen molar-refractivity contribution >= 4 is 17.5 Å². The van der Waals surface area contributed by atoms with Crippen LogP contribution in [-0.2, 0) is 9.59 Å². The Kier molecular flexibility index (Phi) is 5.55. The van der Waals surface area contributed by atoms with Crippen molar-refractivity contribution in [3.05, 3.63) is 30.3 Å². The van der Waals surface area contributed by atoms with Gasteiger partial charge in [-0.15, -0.1) is 0 Å². The molecule has 110 valence electrons. The first-order valence-corrected chi connectivity index (χ1v) is 6.62. The summed E-state index contributed by atoms with van der Waals surface area (Å²) in [4.78, 5) is 25.0. The zero-order chi connectivity index (χ0) is 15.2. The molecule has 0 heterocycles. The van der Waals surface area contributed by atoms with Crippen LogP contribution >= 0.6 is 0 Å². The van der Waals surface area contributed by atoms with Gasteiger partial charge < -0.3 is 15.5 Å². The third-order valence-corrected chi connectivity index (χ3v) is 2.54. The zero-order valence-corrected chi connectivity index (χ0v) is 12.6. The normalized spacial score (nSPS) is 10.8. The van der Waals surface area contributed by atoms with Crippen molar-refractivity contribution in [2.45, 2.75) is 26.3 Å². The molecule has 0 radical (unpaired) electrons. The predicted molar refractivity (Wildman–Crippen MR) is 80.5 cm³/mol. The van der Waals surface area contributed by atoms with Crippen LogP contribution in [0.3, 0.4) is 0 Å². The Labute approximate surface area is 120 Å². The third kappa shape index (κ3) is 6.22. The van der Waals surface area contributed by atoms with Crippen molar-refractivity contribution in [2.24, 2.45) is 0 Å². The minimum atomic E-state index is -0.288. The van der Waals surface area contributed by atoms with E-state index in [1.54, 1.807) is 7.05 Å². The number of benzene rings is 1. The Hall–Kier alpha value is -2.04. The van der Waals surface area contributed by atoms with E-state index < -0.39 is 0 Å². The van der Waals surface area contributed by atoms with Gasteiger partial charge in [-0.3, -0.25) is 9.59 Å². The number of nitrogens with zero attached hydrogens (tertiary/aromatic N) is 1. The minimum Gasteiger partial charge on any atom is -0.376 e. The first kappa shape index (κ1) is 16.0. The molecule has 0 aromatic heterocycles. The highest BCUT2D eigenvalue weighted by Crippen LogP contribution is 2.04. The second-order valence-electron chi connectivity index (χ2n) is 5.77. The van der Waals surface area contributed by atoms with E-state index >= 15 is 0 Å². The Balaban J connectivity index is 2.38. The fourth-order valence-electron chi connectivity index (χ4n) is 1.63. The maximum atomic E-state index is 11.9. The maximum Gasteiger partial charge on any atom is 0.242 e. The monoisotopic (exact) mass is 277 g/mol. The summed E-state index contributed by atoms with van der Waals surface area (Å²) in [6, 6.07) is 9.48. The van der Waals surface area contributed by atoms with Gasteiger partial charge in [0.25, 0.3) is 0 Å². The minimum absolute atomic E-state index is 0.0621. The molecule has 0 unspecified atom stereocenters. The van der Waals surface area contributed by atoms with Gasteiger partial charge in [0.15, 0.2) is 0 Å². The van der Waals surface area contributed by atoms with Crippen LogP contribution in [0.15, 0.2) is 30.3 Å². The van der Waals surface area contributed by atoms with Gasteiger partial charge in [0.1, 0.15) is 0 Å². The van der Waals surface area contributed by atoms with E-state index in [-0.39, 0.29) is 30.4 Å². The van der Waals surface area contributed by atoms with Crippen molar-refractivity contribution in [1.82, 2.24) is 10.2 Å². The first-order chi connectivity index (χ1) is 9.28.